The largest absolute Gasteiger partial charge is 0.460 e. The second-order valence-corrected chi connectivity index (χ2v) is 10.5. The maximum Gasteiger partial charge on any atom is 0.306 e. The van der Waals surface area contributed by atoms with Crippen LogP contribution in [0.1, 0.15) is 37.8 Å². The summed E-state index contributed by atoms with van der Waals surface area (Å²) in [5.41, 5.74) is 1.84. The second-order valence-electron chi connectivity index (χ2n) is 8.25. The van der Waals surface area contributed by atoms with Crippen molar-refractivity contribution in [1.82, 2.24) is 4.98 Å². The van der Waals surface area contributed by atoms with E-state index in [-0.39, 0.29) is 17.8 Å². The highest BCUT2D eigenvalue weighted by atomic mass is 79.9. The summed E-state index contributed by atoms with van der Waals surface area (Å²) in [6, 6.07) is 9.41. The number of hydrogen-bond donors (Lipinski definition) is 1. The van der Waals surface area contributed by atoms with E-state index in [2.05, 4.69) is 20.9 Å². The lowest BCUT2D eigenvalue weighted by atomic mass is 10.1. The van der Waals surface area contributed by atoms with E-state index in [1.165, 1.54) is 0 Å². The Morgan fingerprint density at radius 3 is 2.67 bits per heavy atom. The molecule has 30 heavy (non-hydrogen) atoms. The molecule has 156 valence electrons. The molecular formula is C23H22BrNO4S. The van der Waals surface area contributed by atoms with Crippen molar-refractivity contribution < 1.29 is 13.9 Å². The van der Waals surface area contributed by atoms with E-state index in [1.54, 1.807) is 23.5 Å². The Morgan fingerprint density at radius 1 is 1.23 bits per heavy atom. The maximum absolute atomic E-state index is 13.4. The minimum Gasteiger partial charge on any atom is -0.460 e. The normalized spacial score (nSPS) is 12.0. The summed E-state index contributed by atoms with van der Waals surface area (Å²) in [6.45, 7) is 7.55. The molecule has 1 N–H and O–H groups in total. The summed E-state index contributed by atoms with van der Waals surface area (Å²) in [6.07, 6.45) is 0.582. The fourth-order valence-corrected chi connectivity index (χ4v) is 4.66. The first-order chi connectivity index (χ1) is 14.1. The van der Waals surface area contributed by atoms with Gasteiger partial charge >= 0.3 is 5.97 Å². The lowest BCUT2D eigenvalue weighted by Crippen LogP contribution is -2.24. The zero-order chi connectivity index (χ0) is 21.6. The van der Waals surface area contributed by atoms with Crippen molar-refractivity contribution in [3.8, 4) is 10.6 Å². The molecule has 0 spiro atoms. The van der Waals surface area contributed by atoms with Gasteiger partial charge in [0.05, 0.1) is 33.5 Å². The molecule has 0 fully saturated rings. The second kappa shape index (κ2) is 7.71. The number of rotatable bonds is 4. The van der Waals surface area contributed by atoms with Gasteiger partial charge in [-0.1, -0.05) is 15.9 Å². The zero-order valence-corrected chi connectivity index (χ0v) is 19.6. The number of thiophene rings is 1. The Morgan fingerprint density at radius 2 is 2.00 bits per heavy atom. The first-order valence-electron chi connectivity index (χ1n) is 9.68. The molecule has 7 heteroatoms. The van der Waals surface area contributed by atoms with Crippen LogP contribution in [0, 0.1) is 6.92 Å². The standard InChI is InChI=1S/C23H22BrNO4S/c1-12-5-9-17(30-12)20-19-21(27)14-11-13(24)6-8-16(14)28-22(19)15(25-20)7-10-18(26)29-23(2,3)4/h5-6,8-9,11,25H,7,10H2,1-4H3. The average molecular weight is 488 g/mol. The molecule has 5 nitrogen and oxygen atoms in total. The van der Waals surface area contributed by atoms with Crippen molar-refractivity contribution in [2.75, 3.05) is 0 Å². The number of aryl methyl sites for hydroxylation is 2. The first-order valence-corrected chi connectivity index (χ1v) is 11.3. The van der Waals surface area contributed by atoms with Gasteiger partial charge in [0.25, 0.3) is 0 Å². The van der Waals surface area contributed by atoms with Gasteiger partial charge in [-0.25, -0.2) is 0 Å². The van der Waals surface area contributed by atoms with Crippen molar-refractivity contribution in [1.29, 1.82) is 0 Å². The number of esters is 1. The number of hydrogen-bond acceptors (Lipinski definition) is 5. The number of H-pyrrole nitrogens is 1. The number of halogens is 1. The number of carbonyl (C=O) groups is 1. The molecule has 3 aromatic heterocycles. The van der Waals surface area contributed by atoms with Crippen LogP contribution in [0.2, 0.25) is 0 Å². The van der Waals surface area contributed by atoms with Crippen LogP contribution < -0.4 is 5.43 Å². The maximum atomic E-state index is 13.4. The van der Waals surface area contributed by atoms with Gasteiger partial charge in [-0.15, -0.1) is 11.3 Å². The summed E-state index contributed by atoms with van der Waals surface area (Å²) in [4.78, 5) is 31.1. The quantitative estimate of drug-likeness (QED) is 0.340. The number of nitrogens with one attached hydrogen (secondary N) is 1. The van der Waals surface area contributed by atoms with E-state index in [1.807, 2.05) is 45.9 Å². The molecule has 0 bridgehead atoms. The number of carbonyl (C=O) groups excluding carboxylic acids is 1. The van der Waals surface area contributed by atoms with Crippen LogP contribution >= 0.6 is 27.3 Å². The van der Waals surface area contributed by atoms with Crippen LogP contribution in [-0.4, -0.2) is 16.6 Å². The Labute approximate surface area is 186 Å². The SMILES string of the molecule is Cc1ccc(-c2[nH]c(CCC(=O)OC(C)(C)C)c3oc4ccc(Br)cc4c(=O)c23)s1. The number of fused-ring (bicyclic) bond motifs is 2. The van der Waals surface area contributed by atoms with Gasteiger partial charge in [0.15, 0.2) is 5.58 Å². The fourth-order valence-electron chi connectivity index (χ4n) is 3.43. The highest BCUT2D eigenvalue weighted by Crippen LogP contribution is 2.35. The molecule has 0 aliphatic heterocycles. The predicted octanol–water partition coefficient (Wildman–Crippen LogP) is 6.35. The van der Waals surface area contributed by atoms with Gasteiger partial charge < -0.3 is 14.1 Å². The van der Waals surface area contributed by atoms with Crippen LogP contribution in [0.5, 0.6) is 0 Å². The zero-order valence-electron chi connectivity index (χ0n) is 17.2. The molecule has 1 aromatic carbocycles. The molecule has 3 heterocycles. The van der Waals surface area contributed by atoms with Crippen molar-refractivity contribution in [3.63, 3.8) is 0 Å². The van der Waals surface area contributed by atoms with E-state index in [0.29, 0.717) is 28.4 Å². The lowest BCUT2D eigenvalue weighted by molar-refractivity contribution is -0.154. The van der Waals surface area contributed by atoms with Gasteiger partial charge in [-0.05, 0) is 58.0 Å². The highest BCUT2D eigenvalue weighted by molar-refractivity contribution is 9.10. The third-order valence-electron chi connectivity index (χ3n) is 4.64. The molecule has 0 atom stereocenters. The minimum absolute atomic E-state index is 0.0895. The van der Waals surface area contributed by atoms with Gasteiger partial charge in [0.2, 0.25) is 5.43 Å². The number of aromatic amines is 1. The van der Waals surface area contributed by atoms with E-state index < -0.39 is 5.60 Å². The predicted molar refractivity (Wildman–Crippen MR) is 124 cm³/mol. The van der Waals surface area contributed by atoms with Crippen LogP contribution in [0.25, 0.3) is 32.5 Å². The number of ether oxygens (including phenoxy) is 1. The summed E-state index contributed by atoms with van der Waals surface area (Å²) < 4.78 is 12.4. The van der Waals surface area contributed by atoms with Crippen molar-refractivity contribution in [3.05, 3.63) is 55.6 Å². The first kappa shape index (κ1) is 20.9. The van der Waals surface area contributed by atoms with Crippen LogP contribution in [0.15, 0.2) is 44.0 Å². The third kappa shape index (κ3) is 4.09. The summed E-state index contributed by atoms with van der Waals surface area (Å²) in [7, 11) is 0. The smallest absolute Gasteiger partial charge is 0.306 e. The molecule has 4 aromatic rings. The van der Waals surface area contributed by atoms with E-state index >= 15 is 0 Å². The van der Waals surface area contributed by atoms with Crippen LogP contribution in [-0.2, 0) is 16.0 Å². The van der Waals surface area contributed by atoms with E-state index in [4.69, 9.17) is 9.15 Å². The summed E-state index contributed by atoms with van der Waals surface area (Å²) >= 11 is 5.04. The topological polar surface area (TPSA) is 72.3 Å². The van der Waals surface area contributed by atoms with Gasteiger partial charge in [-0.3, -0.25) is 9.59 Å². The molecule has 0 aliphatic rings. The highest BCUT2D eigenvalue weighted by Gasteiger charge is 2.22. The Hall–Kier alpha value is -2.38. The van der Waals surface area contributed by atoms with Crippen LogP contribution in [0.4, 0.5) is 0 Å². The van der Waals surface area contributed by atoms with Crippen molar-refractivity contribution >= 4 is 55.2 Å². The molecule has 4 rings (SSSR count). The fraction of sp³-hybridized carbons (Fsp3) is 0.304. The molecule has 0 saturated heterocycles. The number of aromatic nitrogens is 1. The molecular weight excluding hydrogens is 466 g/mol. The van der Waals surface area contributed by atoms with Crippen molar-refractivity contribution in [2.24, 2.45) is 0 Å². The van der Waals surface area contributed by atoms with E-state index in [0.717, 1.165) is 25.6 Å². The van der Waals surface area contributed by atoms with Crippen LogP contribution in [0.3, 0.4) is 0 Å². The Balaban J connectivity index is 1.86. The Bertz CT molecular complexity index is 1320. The molecule has 0 saturated carbocycles. The third-order valence-corrected chi connectivity index (χ3v) is 6.15. The molecule has 0 unspecified atom stereocenters. The average Bonchev–Trinajstić information content (AvgIpc) is 3.23. The van der Waals surface area contributed by atoms with Gasteiger partial charge in [-0.2, -0.15) is 0 Å². The lowest BCUT2D eigenvalue weighted by Gasteiger charge is -2.19. The molecule has 0 aliphatic carbocycles. The van der Waals surface area contributed by atoms with Crippen molar-refractivity contribution in [2.45, 2.75) is 46.1 Å². The Kier molecular flexibility index (Phi) is 5.36. The minimum atomic E-state index is -0.537. The summed E-state index contributed by atoms with van der Waals surface area (Å²) in [5.74, 6) is -0.286. The summed E-state index contributed by atoms with van der Waals surface area (Å²) in [5, 5.41) is 1.03. The van der Waals surface area contributed by atoms with Gasteiger partial charge in [0, 0.05) is 15.8 Å². The molecule has 0 amide bonds. The molecule has 0 radical (unpaired) electrons. The van der Waals surface area contributed by atoms with Gasteiger partial charge in [0.1, 0.15) is 11.2 Å². The monoisotopic (exact) mass is 487 g/mol. The number of benzene rings is 1. The van der Waals surface area contributed by atoms with E-state index in [9.17, 15) is 9.59 Å².